The van der Waals surface area contributed by atoms with Crippen LogP contribution in [0.1, 0.15) is 22.3 Å². The summed E-state index contributed by atoms with van der Waals surface area (Å²) in [6, 6.07) is 13.5. The fourth-order valence-corrected chi connectivity index (χ4v) is 4.71. The van der Waals surface area contributed by atoms with Crippen LogP contribution in [0.15, 0.2) is 59.8 Å². The summed E-state index contributed by atoms with van der Waals surface area (Å²) in [4.78, 5) is 16.3. The molecule has 2 N–H and O–H groups in total. The van der Waals surface area contributed by atoms with Gasteiger partial charge < -0.3 is 0 Å². The number of fused-ring (bicyclic) bond motifs is 1. The number of hydrogen-bond acceptors (Lipinski definition) is 5. The molecule has 0 saturated heterocycles. The Morgan fingerprint density at radius 3 is 2.81 bits per heavy atom. The van der Waals surface area contributed by atoms with Crippen molar-refractivity contribution < 1.29 is 13.2 Å². The van der Waals surface area contributed by atoms with Gasteiger partial charge in [0.05, 0.1) is 10.6 Å². The lowest BCUT2D eigenvalue weighted by atomic mass is 10.0. The van der Waals surface area contributed by atoms with E-state index in [-0.39, 0.29) is 16.4 Å². The molecule has 138 valence electrons. The molecule has 1 aliphatic rings. The van der Waals surface area contributed by atoms with Gasteiger partial charge in [-0.1, -0.05) is 24.3 Å². The van der Waals surface area contributed by atoms with E-state index < -0.39 is 15.9 Å². The molecule has 4 rings (SSSR count). The van der Waals surface area contributed by atoms with Crippen LogP contribution in [0.2, 0.25) is 0 Å². The zero-order valence-electron chi connectivity index (χ0n) is 14.3. The van der Waals surface area contributed by atoms with E-state index >= 15 is 0 Å². The van der Waals surface area contributed by atoms with Gasteiger partial charge in [0.25, 0.3) is 15.9 Å². The van der Waals surface area contributed by atoms with Crippen LogP contribution < -0.4 is 9.62 Å². The summed E-state index contributed by atoms with van der Waals surface area (Å²) >= 11 is 0. The van der Waals surface area contributed by atoms with Gasteiger partial charge in [0.15, 0.2) is 0 Å². The molecule has 0 fully saturated rings. The molecule has 2 heterocycles. The van der Waals surface area contributed by atoms with E-state index in [2.05, 4.69) is 20.5 Å². The monoisotopic (exact) mass is 383 g/mol. The maximum atomic E-state index is 13.2. The summed E-state index contributed by atoms with van der Waals surface area (Å²) in [7, 11) is -3.78. The van der Waals surface area contributed by atoms with Gasteiger partial charge in [0, 0.05) is 12.1 Å². The average Bonchev–Trinajstić information content (AvgIpc) is 3.20. The van der Waals surface area contributed by atoms with Crippen LogP contribution in [0.3, 0.4) is 0 Å². The van der Waals surface area contributed by atoms with Crippen LogP contribution in [-0.4, -0.2) is 36.1 Å². The fraction of sp³-hybridized carbons (Fsp3) is 0.167. The number of hydrogen-bond donors (Lipinski definition) is 2. The Hall–Kier alpha value is -3.20. The second-order valence-electron chi connectivity index (χ2n) is 6.13. The second-order valence-corrected chi connectivity index (χ2v) is 7.99. The molecule has 27 heavy (non-hydrogen) atoms. The second kappa shape index (κ2) is 6.84. The number of anilines is 2. The Morgan fingerprint density at radius 2 is 2.00 bits per heavy atom. The highest BCUT2D eigenvalue weighted by Crippen LogP contribution is 2.31. The molecule has 0 bridgehead atoms. The first-order valence-electron chi connectivity index (χ1n) is 8.43. The first-order chi connectivity index (χ1) is 13.1. The summed E-state index contributed by atoms with van der Waals surface area (Å²) < 4.78 is 27.8. The van der Waals surface area contributed by atoms with Crippen LogP contribution in [-0.2, 0) is 16.4 Å². The highest BCUT2D eigenvalue weighted by molar-refractivity contribution is 7.92. The van der Waals surface area contributed by atoms with Crippen LogP contribution in [0.5, 0.6) is 0 Å². The van der Waals surface area contributed by atoms with Crippen molar-refractivity contribution in [2.24, 2.45) is 0 Å². The van der Waals surface area contributed by atoms with Gasteiger partial charge in [0.1, 0.15) is 6.33 Å². The number of benzene rings is 2. The van der Waals surface area contributed by atoms with Crippen molar-refractivity contribution in [3.05, 3.63) is 66.0 Å². The van der Waals surface area contributed by atoms with Crippen LogP contribution >= 0.6 is 0 Å². The van der Waals surface area contributed by atoms with E-state index in [4.69, 9.17) is 0 Å². The largest absolute Gasteiger partial charge is 0.291 e. The number of carbonyl (C=O) groups is 1. The van der Waals surface area contributed by atoms with Crippen molar-refractivity contribution in [3.63, 3.8) is 0 Å². The molecule has 0 aliphatic carbocycles. The maximum absolute atomic E-state index is 13.2. The van der Waals surface area contributed by atoms with Gasteiger partial charge in [-0.05, 0) is 42.7 Å². The number of aromatic amines is 1. The van der Waals surface area contributed by atoms with Crippen molar-refractivity contribution >= 4 is 27.6 Å². The third kappa shape index (κ3) is 3.28. The summed E-state index contributed by atoms with van der Waals surface area (Å²) in [6.07, 6.45) is 2.87. The molecule has 0 radical (unpaired) electrons. The summed E-state index contributed by atoms with van der Waals surface area (Å²) in [5.41, 5.74) is 1.92. The molecule has 0 saturated carbocycles. The van der Waals surface area contributed by atoms with E-state index in [0.29, 0.717) is 12.2 Å². The van der Waals surface area contributed by atoms with Crippen molar-refractivity contribution in [1.82, 2.24) is 15.2 Å². The molecular weight excluding hydrogens is 366 g/mol. The number of carbonyl (C=O) groups excluding carboxylic acids is 1. The molecule has 1 aliphatic heterocycles. The van der Waals surface area contributed by atoms with Gasteiger partial charge in [0.2, 0.25) is 5.95 Å². The van der Waals surface area contributed by atoms with E-state index in [1.165, 1.54) is 22.8 Å². The van der Waals surface area contributed by atoms with Crippen LogP contribution in [0, 0.1) is 0 Å². The van der Waals surface area contributed by atoms with Crippen LogP contribution in [0.4, 0.5) is 11.6 Å². The van der Waals surface area contributed by atoms with Gasteiger partial charge in [-0.25, -0.2) is 13.5 Å². The van der Waals surface area contributed by atoms with E-state index in [0.717, 1.165) is 18.4 Å². The fourth-order valence-electron chi connectivity index (χ4n) is 3.12. The average molecular weight is 383 g/mol. The smallest absolute Gasteiger partial charge is 0.264 e. The highest BCUT2D eigenvalue weighted by atomic mass is 32.2. The molecule has 0 atom stereocenters. The lowest BCUT2D eigenvalue weighted by molar-refractivity contribution is 0.102. The number of amides is 1. The summed E-state index contributed by atoms with van der Waals surface area (Å²) in [5, 5.41) is 8.72. The molecule has 2 aromatic carbocycles. The quantitative estimate of drug-likeness (QED) is 0.718. The third-order valence-electron chi connectivity index (χ3n) is 4.40. The highest BCUT2D eigenvalue weighted by Gasteiger charge is 2.29. The Labute approximate surface area is 156 Å². The third-order valence-corrected chi connectivity index (χ3v) is 6.21. The van der Waals surface area contributed by atoms with Crippen molar-refractivity contribution in [2.75, 3.05) is 16.2 Å². The van der Waals surface area contributed by atoms with E-state index in [1.54, 1.807) is 12.1 Å². The lowest BCUT2D eigenvalue weighted by Gasteiger charge is -2.30. The van der Waals surface area contributed by atoms with Gasteiger partial charge in [-0.3, -0.25) is 14.4 Å². The lowest BCUT2D eigenvalue weighted by Crippen LogP contribution is -2.35. The Balaban J connectivity index is 1.66. The van der Waals surface area contributed by atoms with E-state index in [9.17, 15) is 13.2 Å². The standard InChI is InChI=1S/C18H17N5O3S/c24-17(21-18-19-12-20-22-18)14-6-3-8-15(11-14)27(25,26)23-10-4-7-13-5-1-2-9-16(13)23/h1-3,5-6,8-9,11-12H,4,7,10H2,(H2,19,20,21,22,24). The molecule has 0 spiro atoms. The molecular formula is C18H17N5O3S. The Bertz CT molecular complexity index is 1080. The number of aromatic nitrogens is 3. The van der Waals surface area contributed by atoms with Gasteiger partial charge in [-0.15, -0.1) is 0 Å². The Kier molecular flexibility index (Phi) is 4.36. The molecule has 3 aromatic rings. The first-order valence-corrected chi connectivity index (χ1v) is 9.87. The molecule has 9 heteroatoms. The summed E-state index contributed by atoms with van der Waals surface area (Å²) in [6.45, 7) is 0.411. The van der Waals surface area contributed by atoms with Crippen LogP contribution in [0.25, 0.3) is 0 Å². The van der Waals surface area contributed by atoms with Gasteiger partial charge >= 0.3 is 0 Å². The molecule has 8 nitrogen and oxygen atoms in total. The number of sulfonamides is 1. The number of para-hydroxylation sites is 1. The van der Waals surface area contributed by atoms with E-state index in [1.807, 2.05) is 24.3 Å². The SMILES string of the molecule is O=C(Nc1ncn[nH]1)c1cccc(S(=O)(=O)N2CCCc3ccccc32)c1. The van der Waals surface area contributed by atoms with Gasteiger partial charge in [-0.2, -0.15) is 10.1 Å². The zero-order valence-corrected chi connectivity index (χ0v) is 15.1. The number of aryl methyl sites for hydroxylation is 1. The molecule has 1 aromatic heterocycles. The maximum Gasteiger partial charge on any atom is 0.264 e. The number of nitrogens with zero attached hydrogens (tertiary/aromatic N) is 3. The predicted molar refractivity (Wildman–Crippen MR) is 100 cm³/mol. The number of nitrogens with one attached hydrogen (secondary N) is 2. The number of rotatable bonds is 4. The molecule has 1 amide bonds. The molecule has 0 unspecified atom stereocenters. The first kappa shape index (κ1) is 17.2. The number of H-pyrrole nitrogens is 1. The van der Waals surface area contributed by atoms with Crippen molar-refractivity contribution in [1.29, 1.82) is 0 Å². The van der Waals surface area contributed by atoms with Crippen molar-refractivity contribution in [2.45, 2.75) is 17.7 Å². The Morgan fingerprint density at radius 1 is 1.15 bits per heavy atom. The van der Waals surface area contributed by atoms with Crippen molar-refractivity contribution in [3.8, 4) is 0 Å². The topological polar surface area (TPSA) is 108 Å². The minimum atomic E-state index is -3.78. The zero-order chi connectivity index (χ0) is 18.9. The minimum absolute atomic E-state index is 0.0735. The normalized spacial score (nSPS) is 13.9. The summed E-state index contributed by atoms with van der Waals surface area (Å²) in [5.74, 6) is -0.277. The minimum Gasteiger partial charge on any atom is -0.291 e. The predicted octanol–water partition coefficient (Wildman–Crippen LogP) is 2.20.